The molecule has 3 atom stereocenters. The van der Waals surface area contributed by atoms with E-state index in [-0.39, 0.29) is 10.9 Å². The van der Waals surface area contributed by atoms with E-state index in [0.29, 0.717) is 12.8 Å². The Hall–Kier alpha value is -1.64. The van der Waals surface area contributed by atoms with Crippen molar-refractivity contribution in [3.05, 3.63) is 16.1 Å². The van der Waals surface area contributed by atoms with Crippen molar-refractivity contribution in [1.82, 2.24) is 10.3 Å². The highest BCUT2D eigenvalue weighted by Gasteiger charge is 2.49. The van der Waals surface area contributed by atoms with Crippen molar-refractivity contribution in [1.29, 1.82) is 0 Å². The Morgan fingerprint density at radius 1 is 1.50 bits per heavy atom. The first kappa shape index (κ1) is 16.7. The Morgan fingerprint density at radius 3 is 2.68 bits per heavy atom. The molecule has 2 rings (SSSR count). The molecule has 0 bridgehead atoms. The summed E-state index contributed by atoms with van der Waals surface area (Å²) in [5, 5.41) is 3.79. The maximum absolute atomic E-state index is 12.6. The number of amides is 1. The lowest BCUT2D eigenvalue weighted by Gasteiger charge is -2.14. The van der Waals surface area contributed by atoms with E-state index in [2.05, 4.69) is 15.0 Å². The highest BCUT2D eigenvalue weighted by molar-refractivity contribution is 7.09. The second kappa shape index (κ2) is 6.23. The molecule has 1 fully saturated rings. The van der Waals surface area contributed by atoms with Gasteiger partial charge in [0, 0.05) is 5.38 Å². The van der Waals surface area contributed by atoms with Crippen molar-refractivity contribution in [2.75, 3.05) is 7.11 Å². The van der Waals surface area contributed by atoms with Crippen molar-refractivity contribution < 1.29 is 27.5 Å². The Bertz CT molecular complexity index is 573. The minimum absolute atomic E-state index is 0.207. The monoisotopic (exact) mass is 336 g/mol. The first-order valence-electron chi connectivity index (χ1n) is 6.68. The number of rotatable bonds is 5. The summed E-state index contributed by atoms with van der Waals surface area (Å²) in [5.41, 5.74) is -0.959. The zero-order valence-electron chi connectivity index (χ0n) is 11.9. The van der Waals surface area contributed by atoms with Crippen LogP contribution in [0, 0.1) is 11.8 Å². The molecule has 5 nitrogen and oxygen atoms in total. The van der Waals surface area contributed by atoms with E-state index in [9.17, 15) is 22.8 Å². The molecule has 0 spiro atoms. The number of hydrogen-bond donors (Lipinski definition) is 1. The van der Waals surface area contributed by atoms with Gasteiger partial charge in [-0.25, -0.2) is 4.98 Å². The van der Waals surface area contributed by atoms with Gasteiger partial charge in [0.1, 0.15) is 5.01 Å². The molecule has 9 heteroatoms. The van der Waals surface area contributed by atoms with Crippen LogP contribution in [0.2, 0.25) is 0 Å². The second-order valence-corrected chi connectivity index (χ2v) is 5.90. The molecule has 0 saturated heterocycles. The molecule has 1 heterocycles. The van der Waals surface area contributed by atoms with E-state index in [0.717, 1.165) is 16.7 Å². The number of ether oxygens (including phenoxy) is 1. The molecule has 0 aliphatic heterocycles. The predicted octanol–water partition coefficient (Wildman–Crippen LogP) is 2.54. The fourth-order valence-electron chi connectivity index (χ4n) is 2.09. The molecule has 1 aromatic heterocycles. The zero-order valence-corrected chi connectivity index (χ0v) is 12.8. The fraction of sp³-hybridized carbons (Fsp3) is 0.615. The number of hydrogen-bond acceptors (Lipinski definition) is 5. The summed E-state index contributed by atoms with van der Waals surface area (Å²) in [4.78, 5) is 26.9. The average Bonchev–Trinajstić information content (AvgIpc) is 3.10. The average molecular weight is 336 g/mol. The van der Waals surface area contributed by atoms with Crippen LogP contribution >= 0.6 is 11.3 Å². The number of thiazole rings is 1. The number of methoxy groups -OCH3 is 1. The van der Waals surface area contributed by atoms with Crippen LogP contribution in [0.3, 0.4) is 0 Å². The van der Waals surface area contributed by atoms with Gasteiger partial charge in [0.05, 0.1) is 25.0 Å². The maximum Gasteiger partial charge on any atom is 0.434 e. The smallest absolute Gasteiger partial charge is 0.434 e. The molecule has 0 radical (unpaired) electrons. The summed E-state index contributed by atoms with van der Waals surface area (Å²) in [6.45, 7) is 1.74. The topological polar surface area (TPSA) is 68.3 Å². The third kappa shape index (κ3) is 3.57. The standard InChI is InChI=1S/C13H15F3N2O3S/c1-3-8(11-18-9(5-22-11)13(14,15)16)17-10(19)6-4-7(6)12(20)21-2/h5-8H,3-4H2,1-2H3,(H,17,19). The molecule has 1 aliphatic carbocycles. The predicted molar refractivity (Wildman–Crippen MR) is 71.9 cm³/mol. The highest BCUT2D eigenvalue weighted by atomic mass is 32.1. The molecule has 1 N–H and O–H groups in total. The molecule has 1 aromatic rings. The number of halogens is 3. The van der Waals surface area contributed by atoms with Gasteiger partial charge in [-0.15, -0.1) is 11.3 Å². The molecule has 0 aromatic carbocycles. The van der Waals surface area contributed by atoms with Gasteiger partial charge in [0.15, 0.2) is 5.69 Å². The van der Waals surface area contributed by atoms with Crippen molar-refractivity contribution in [2.24, 2.45) is 11.8 Å². The lowest BCUT2D eigenvalue weighted by molar-refractivity contribution is -0.143. The van der Waals surface area contributed by atoms with Gasteiger partial charge >= 0.3 is 12.1 Å². The zero-order chi connectivity index (χ0) is 16.5. The van der Waals surface area contributed by atoms with Crippen LogP contribution in [0.5, 0.6) is 0 Å². The van der Waals surface area contributed by atoms with Crippen LogP contribution in [0.25, 0.3) is 0 Å². The van der Waals surface area contributed by atoms with E-state index in [4.69, 9.17) is 0 Å². The third-order valence-electron chi connectivity index (χ3n) is 3.47. The largest absolute Gasteiger partial charge is 0.469 e. The SMILES string of the molecule is CCC(NC(=O)C1CC1C(=O)OC)c1nc(C(F)(F)F)cs1. The highest BCUT2D eigenvalue weighted by Crippen LogP contribution is 2.40. The van der Waals surface area contributed by atoms with Gasteiger partial charge < -0.3 is 10.1 Å². The van der Waals surface area contributed by atoms with Crippen molar-refractivity contribution in [3.8, 4) is 0 Å². The summed E-state index contributed by atoms with van der Waals surface area (Å²) in [6, 6.07) is -0.590. The van der Waals surface area contributed by atoms with Crippen molar-refractivity contribution in [3.63, 3.8) is 0 Å². The Morgan fingerprint density at radius 2 is 2.18 bits per heavy atom. The van der Waals surface area contributed by atoms with Gasteiger partial charge in [-0.2, -0.15) is 13.2 Å². The minimum Gasteiger partial charge on any atom is -0.469 e. The van der Waals surface area contributed by atoms with Crippen LogP contribution in [0.1, 0.15) is 36.5 Å². The maximum atomic E-state index is 12.6. The number of carbonyl (C=O) groups excluding carboxylic acids is 2. The van der Waals surface area contributed by atoms with Gasteiger partial charge in [0.25, 0.3) is 0 Å². The number of aromatic nitrogens is 1. The summed E-state index contributed by atoms with van der Waals surface area (Å²) < 4.78 is 42.2. The molecular formula is C13H15F3N2O3S. The van der Waals surface area contributed by atoms with Gasteiger partial charge in [-0.3, -0.25) is 9.59 Å². The van der Waals surface area contributed by atoms with Crippen molar-refractivity contribution >= 4 is 23.2 Å². The molecule has 122 valence electrons. The Balaban J connectivity index is 2.00. The lowest BCUT2D eigenvalue weighted by atomic mass is 10.2. The van der Waals surface area contributed by atoms with Crippen molar-refractivity contribution in [2.45, 2.75) is 32.0 Å². The summed E-state index contributed by atoms with van der Waals surface area (Å²) in [7, 11) is 1.25. The van der Waals surface area contributed by atoms with E-state index >= 15 is 0 Å². The minimum atomic E-state index is -4.50. The third-order valence-corrected chi connectivity index (χ3v) is 4.42. The Kier molecular flexibility index (Phi) is 4.74. The first-order chi connectivity index (χ1) is 10.3. The lowest BCUT2D eigenvalue weighted by Crippen LogP contribution is -2.30. The number of nitrogens with zero attached hydrogens (tertiary/aromatic N) is 1. The normalized spacial score (nSPS) is 22.0. The van der Waals surface area contributed by atoms with E-state index in [1.165, 1.54) is 7.11 Å². The fourth-order valence-corrected chi connectivity index (χ4v) is 3.05. The van der Waals surface area contributed by atoms with E-state index in [1.54, 1.807) is 6.92 Å². The molecule has 1 amide bonds. The van der Waals surface area contributed by atoms with Gasteiger partial charge in [0.2, 0.25) is 5.91 Å². The molecule has 22 heavy (non-hydrogen) atoms. The second-order valence-electron chi connectivity index (χ2n) is 5.01. The summed E-state index contributed by atoms with van der Waals surface area (Å²) >= 11 is 0.857. The number of esters is 1. The molecular weight excluding hydrogens is 321 g/mol. The van der Waals surface area contributed by atoms with Crippen LogP contribution < -0.4 is 5.32 Å². The number of nitrogens with one attached hydrogen (secondary N) is 1. The summed E-state index contributed by atoms with van der Waals surface area (Å²) in [5.74, 6) is -1.72. The van der Waals surface area contributed by atoms with E-state index < -0.39 is 35.7 Å². The Labute approximate surface area is 128 Å². The summed E-state index contributed by atoms with van der Waals surface area (Å²) in [6.07, 6.45) is -3.68. The number of carbonyl (C=O) groups is 2. The molecule has 3 unspecified atom stereocenters. The van der Waals surface area contributed by atoms with E-state index in [1.807, 2.05) is 0 Å². The van der Waals surface area contributed by atoms with Crippen LogP contribution in [-0.4, -0.2) is 24.0 Å². The molecule has 1 aliphatic rings. The first-order valence-corrected chi connectivity index (χ1v) is 7.56. The van der Waals surface area contributed by atoms with Gasteiger partial charge in [-0.1, -0.05) is 6.92 Å². The van der Waals surface area contributed by atoms with Crippen LogP contribution in [-0.2, 0) is 20.5 Å². The van der Waals surface area contributed by atoms with Gasteiger partial charge in [-0.05, 0) is 12.8 Å². The molecule has 1 saturated carbocycles. The quantitative estimate of drug-likeness (QED) is 0.839. The van der Waals surface area contributed by atoms with Crippen LogP contribution in [0.4, 0.5) is 13.2 Å². The number of alkyl halides is 3. The van der Waals surface area contributed by atoms with Crippen LogP contribution in [0.15, 0.2) is 5.38 Å².